The van der Waals surface area contributed by atoms with Crippen LogP contribution < -0.4 is 10.1 Å². The molecule has 1 amide bonds. The Morgan fingerprint density at radius 3 is 2.73 bits per heavy atom. The molecule has 3 atom stereocenters. The van der Waals surface area contributed by atoms with E-state index in [1.54, 1.807) is 0 Å². The number of hydrogen-bond donors (Lipinski definition) is 2. The van der Waals surface area contributed by atoms with Crippen molar-refractivity contribution < 1.29 is 14.6 Å². The van der Waals surface area contributed by atoms with E-state index in [0.717, 1.165) is 64.3 Å². The monoisotopic (exact) mass is 504 g/mol. The van der Waals surface area contributed by atoms with Gasteiger partial charge in [-0.2, -0.15) is 0 Å². The Balaban J connectivity index is 1.29. The molecule has 2 aromatic carbocycles. The zero-order valence-electron chi connectivity index (χ0n) is 22.5. The van der Waals surface area contributed by atoms with E-state index in [-0.39, 0.29) is 11.5 Å². The molecule has 2 aliphatic carbocycles. The normalized spacial score (nSPS) is 27.4. The van der Waals surface area contributed by atoms with E-state index in [0.29, 0.717) is 18.2 Å². The molecule has 1 heterocycles. The van der Waals surface area contributed by atoms with Gasteiger partial charge in [0.25, 0.3) is 0 Å². The summed E-state index contributed by atoms with van der Waals surface area (Å²) in [4.78, 5) is 14.9. The number of likely N-dealkylation sites (tertiary alicyclic amines) is 1. The fraction of sp³-hybridized carbons (Fsp3) is 0.594. The standard InChI is InChI=1S/C32H44N2O3/c1-2-15-31(36)16-17-32(23-25-9-4-3-5-10-25)27(24-31)12-11-26-22-28(13-14-29(26)32)37-30(35)33-18-8-21-34-19-6-7-20-34/h3-5,9-10,13-14,22,27,36H,2,6-8,11-12,15-21,23-24H2,1H3,(H,33,35)/t27?,31-,32+/m1/s1. The van der Waals surface area contributed by atoms with Crippen molar-refractivity contribution in [1.82, 2.24) is 10.2 Å². The first-order chi connectivity index (χ1) is 18.0. The third-order valence-electron chi connectivity index (χ3n) is 9.23. The van der Waals surface area contributed by atoms with Gasteiger partial charge in [0.2, 0.25) is 0 Å². The predicted octanol–water partition coefficient (Wildman–Crippen LogP) is 6.02. The van der Waals surface area contributed by atoms with Gasteiger partial charge in [-0.3, -0.25) is 0 Å². The molecule has 5 nitrogen and oxygen atoms in total. The average molecular weight is 505 g/mol. The number of hydrogen-bond acceptors (Lipinski definition) is 4. The minimum Gasteiger partial charge on any atom is -0.410 e. The van der Waals surface area contributed by atoms with Crippen LogP contribution in [0.3, 0.4) is 0 Å². The smallest absolute Gasteiger partial charge is 0.410 e. The maximum atomic E-state index is 12.5. The third-order valence-corrected chi connectivity index (χ3v) is 9.23. The summed E-state index contributed by atoms with van der Waals surface area (Å²) < 4.78 is 5.70. The van der Waals surface area contributed by atoms with E-state index in [9.17, 15) is 9.90 Å². The lowest BCUT2D eigenvalue weighted by Gasteiger charge is -2.53. The third kappa shape index (κ3) is 6.04. The van der Waals surface area contributed by atoms with E-state index in [2.05, 4.69) is 59.6 Å². The molecule has 2 N–H and O–H groups in total. The number of benzene rings is 2. The first-order valence-corrected chi connectivity index (χ1v) is 14.6. The molecule has 1 saturated heterocycles. The lowest BCUT2D eigenvalue weighted by Crippen LogP contribution is -2.51. The van der Waals surface area contributed by atoms with Crippen LogP contribution in [-0.4, -0.2) is 47.9 Å². The Morgan fingerprint density at radius 2 is 1.95 bits per heavy atom. The minimum absolute atomic E-state index is 0.0191. The minimum atomic E-state index is -0.535. The molecule has 3 aliphatic rings. The predicted molar refractivity (Wildman–Crippen MR) is 148 cm³/mol. The van der Waals surface area contributed by atoms with Crippen molar-refractivity contribution in [3.8, 4) is 5.75 Å². The molecular formula is C32H44N2O3. The second-order valence-corrected chi connectivity index (χ2v) is 11.8. The quantitative estimate of drug-likeness (QED) is 0.410. The van der Waals surface area contributed by atoms with Crippen LogP contribution in [0.25, 0.3) is 0 Å². The zero-order valence-corrected chi connectivity index (χ0v) is 22.5. The lowest BCUT2D eigenvalue weighted by atomic mass is 9.52. The highest BCUT2D eigenvalue weighted by Gasteiger charge is 2.51. The highest BCUT2D eigenvalue weighted by molar-refractivity contribution is 5.70. The number of fused-ring (bicyclic) bond motifs is 3. The van der Waals surface area contributed by atoms with Gasteiger partial charge in [-0.15, -0.1) is 0 Å². The number of aryl methyl sites for hydroxylation is 1. The summed E-state index contributed by atoms with van der Waals surface area (Å²) in [5.74, 6) is 1.08. The van der Waals surface area contributed by atoms with Crippen LogP contribution in [0, 0.1) is 5.92 Å². The molecule has 2 fully saturated rings. The van der Waals surface area contributed by atoms with E-state index < -0.39 is 5.60 Å². The van der Waals surface area contributed by atoms with Crippen molar-refractivity contribution in [2.45, 2.75) is 88.6 Å². The number of ether oxygens (including phenoxy) is 1. The van der Waals surface area contributed by atoms with Gasteiger partial charge < -0.3 is 20.1 Å². The maximum Gasteiger partial charge on any atom is 0.412 e. The van der Waals surface area contributed by atoms with Crippen molar-refractivity contribution in [3.05, 3.63) is 65.2 Å². The Labute approximate surface area is 222 Å². The average Bonchev–Trinajstić information content (AvgIpc) is 3.41. The van der Waals surface area contributed by atoms with Crippen LogP contribution >= 0.6 is 0 Å². The fourth-order valence-corrected chi connectivity index (χ4v) is 7.43. The summed E-state index contributed by atoms with van der Waals surface area (Å²) >= 11 is 0. The Morgan fingerprint density at radius 1 is 1.14 bits per heavy atom. The topological polar surface area (TPSA) is 61.8 Å². The number of amides is 1. The van der Waals surface area contributed by atoms with Gasteiger partial charge >= 0.3 is 6.09 Å². The Kier molecular flexibility index (Phi) is 8.21. The van der Waals surface area contributed by atoms with Crippen LogP contribution in [0.15, 0.2) is 48.5 Å². The molecular weight excluding hydrogens is 460 g/mol. The lowest BCUT2D eigenvalue weighted by molar-refractivity contribution is -0.0565. The van der Waals surface area contributed by atoms with Crippen LogP contribution in [0.4, 0.5) is 4.79 Å². The second-order valence-electron chi connectivity index (χ2n) is 11.8. The van der Waals surface area contributed by atoms with Crippen LogP contribution in [-0.2, 0) is 18.3 Å². The largest absolute Gasteiger partial charge is 0.412 e. The molecule has 1 unspecified atom stereocenters. The van der Waals surface area contributed by atoms with Crippen LogP contribution in [0.5, 0.6) is 5.75 Å². The number of nitrogens with one attached hydrogen (secondary N) is 1. The maximum absolute atomic E-state index is 12.5. The molecule has 1 saturated carbocycles. The molecule has 37 heavy (non-hydrogen) atoms. The van der Waals surface area contributed by atoms with E-state index in [4.69, 9.17) is 4.74 Å². The van der Waals surface area contributed by atoms with Crippen molar-refractivity contribution >= 4 is 6.09 Å². The van der Waals surface area contributed by atoms with Crippen LogP contribution in [0.1, 0.15) is 81.4 Å². The van der Waals surface area contributed by atoms with Crippen molar-refractivity contribution in [3.63, 3.8) is 0 Å². The van der Waals surface area contributed by atoms with E-state index >= 15 is 0 Å². The molecule has 0 bridgehead atoms. The summed E-state index contributed by atoms with van der Waals surface area (Å²) in [7, 11) is 0. The van der Waals surface area contributed by atoms with Gasteiger partial charge in [0.1, 0.15) is 5.75 Å². The summed E-state index contributed by atoms with van der Waals surface area (Å²) in [5.41, 5.74) is 3.53. The number of carbonyl (C=O) groups excluding carboxylic acids is 1. The zero-order chi connectivity index (χ0) is 25.7. The SMILES string of the molecule is CCC[C@@]1(O)CC[C@@]2(Cc3ccccc3)c3ccc(OC(=O)NCCCN4CCCC4)cc3CCC2C1. The van der Waals surface area contributed by atoms with Crippen molar-refractivity contribution in [2.24, 2.45) is 5.92 Å². The highest BCUT2D eigenvalue weighted by Crippen LogP contribution is 2.55. The molecule has 5 rings (SSSR count). The molecule has 0 aromatic heterocycles. The van der Waals surface area contributed by atoms with Crippen molar-refractivity contribution in [1.29, 1.82) is 0 Å². The first kappa shape index (κ1) is 26.2. The van der Waals surface area contributed by atoms with Crippen LogP contribution in [0.2, 0.25) is 0 Å². The Hall–Kier alpha value is -2.37. The summed E-state index contributed by atoms with van der Waals surface area (Å²) in [5, 5.41) is 14.3. The van der Waals surface area contributed by atoms with Gasteiger partial charge in [0, 0.05) is 12.0 Å². The molecule has 200 valence electrons. The van der Waals surface area contributed by atoms with Gasteiger partial charge in [-0.1, -0.05) is 49.7 Å². The molecule has 0 radical (unpaired) electrons. The number of nitrogens with zero attached hydrogens (tertiary/aromatic N) is 1. The first-order valence-electron chi connectivity index (χ1n) is 14.6. The van der Waals surface area contributed by atoms with E-state index in [1.165, 1.54) is 42.6 Å². The molecule has 0 spiro atoms. The highest BCUT2D eigenvalue weighted by atomic mass is 16.6. The van der Waals surface area contributed by atoms with E-state index in [1.807, 2.05) is 6.07 Å². The number of carbonyl (C=O) groups is 1. The van der Waals surface area contributed by atoms with Gasteiger partial charge in [0.05, 0.1) is 5.60 Å². The number of rotatable bonds is 9. The summed E-state index contributed by atoms with van der Waals surface area (Å²) in [6.07, 6.45) is 10.8. The number of aliphatic hydroxyl groups is 1. The van der Waals surface area contributed by atoms with Gasteiger partial charge in [0.15, 0.2) is 0 Å². The molecule has 5 heteroatoms. The van der Waals surface area contributed by atoms with Gasteiger partial charge in [-0.25, -0.2) is 4.79 Å². The summed E-state index contributed by atoms with van der Waals surface area (Å²) in [6.45, 7) is 6.22. The fourth-order valence-electron chi connectivity index (χ4n) is 7.43. The molecule has 2 aromatic rings. The second kappa shape index (κ2) is 11.6. The Bertz CT molecular complexity index is 1050. The summed E-state index contributed by atoms with van der Waals surface area (Å²) in [6, 6.07) is 17.1. The van der Waals surface area contributed by atoms with Gasteiger partial charge in [-0.05, 0) is 119 Å². The van der Waals surface area contributed by atoms with Crippen molar-refractivity contribution in [2.75, 3.05) is 26.2 Å². The molecule has 1 aliphatic heterocycles.